The maximum Gasteiger partial charge on any atom is 0.0625 e. The summed E-state index contributed by atoms with van der Waals surface area (Å²) in [5, 5.41) is 4.86. The molecule has 0 bridgehead atoms. The number of nitrogens with zero attached hydrogens (tertiary/aromatic N) is 1. The maximum atomic E-state index is 2.52. The number of fused-ring (bicyclic) bond motifs is 3. The van der Waals surface area contributed by atoms with Gasteiger partial charge < -0.3 is 4.90 Å². The summed E-state index contributed by atoms with van der Waals surface area (Å²) in [4.78, 5) is 2.52. The minimum absolute atomic E-state index is 1.09. The molecular formula is C56H39N. The summed E-state index contributed by atoms with van der Waals surface area (Å²) in [6.07, 6.45) is 0. The number of benzene rings is 10. The van der Waals surface area contributed by atoms with Crippen molar-refractivity contribution in [2.45, 2.75) is 0 Å². The third-order valence-electron chi connectivity index (χ3n) is 11.0. The highest BCUT2D eigenvalue weighted by Crippen LogP contribution is 2.51. The molecule has 10 rings (SSSR count). The van der Waals surface area contributed by atoms with Crippen LogP contribution in [0.5, 0.6) is 0 Å². The Bertz CT molecular complexity index is 3000. The zero-order valence-electron chi connectivity index (χ0n) is 31.5. The van der Waals surface area contributed by atoms with Crippen LogP contribution in [0.15, 0.2) is 237 Å². The molecule has 0 saturated heterocycles. The van der Waals surface area contributed by atoms with Crippen LogP contribution < -0.4 is 4.90 Å². The molecule has 0 amide bonds. The van der Waals surface area contributed by atoms with Gasteiger partial charge in [-0.2, -0.15) is 0 Å². The van der Waals surface area contributed by atoms with Crippen LogP contribution in [0.2, 0.25) is 0 Å². The first-order valence-electron chi connectivity index (χ1n) is 19.6. The minimum atomic E-state index is 1.09. The third-order valence-corrected chi connectivity index (χ3v) is 11.0. The van der Waals surface area contributed by atoms with Gasteiger partial charge in [0, 0.05) is 22.2 Å². The highest BCUT2D eigenvalue weighted by atomic mass is 15.1. The fraction of sp³-hybridized carbons (Fsp3) is 0. The quantitative estimate of drug-likeness (QED) is 0.141. The van der Waals surface area contributed by atoms with Crippen molar-refractivity contribution < 1.29 is 0 Å². The molecule has 0 aromatic heterocycles. The highest BCUT2D eigenvalue weighted by molar-refractivity contribution is 6.23. The van der Waals surface area contributed by atoms with Crippen LogP contribution in [-0.4, -0.2) is 0 Å². The summed E-state index contributed by atoms with van der Waals surface area (Å²) in [7, 11) is 0. The van der Waals surface area contributed by atoms with Crippen molar-refractivity contribution in [3.63, 3.8) is 0 Å². The molecule has 1 nitrogen and oxygen atoms in total. The second kappa shape index (κ2) is 15.0. The topological polar surface area (TPSA) is 3.24 Å². The highest BCUT2D eigenvalue weighted by Gasteiger charge is 2.26. The van der Waals surface area contributed by atoms with E-state index < -0.39 is 0 Å². The van der Waals surface area contributed by atoms with E-state index in [2.05, 4.69) is 241 Å². The van der Waals surface area contributed by atoms with Crippen LogP contribution in [0.25, 0.3) is 77.2 Å². The van der Waals surface area contributed by atoms with E-state index in [0.29, 0.717) is 0 Å². The average molecular weight is 726 g/mol. The minimum Gasteiger partial charge on any atom is -0.309 e. The second-order valence-corrected chi connectivity index (χ2v) is 14.5. The summed E-state index contributed by atoms with van der Waals surface area (Å²) < 4.78 is 0. The van der Waals surface area contributed by atoms with Crippen molar-refractivity contribution in [3.8, 4) is 55.6 Å². The van der Waals surface area contributed by atoms with Gasteiger partial charge >= 0.3 is 0 Å². The Hall–Kier alpha value is -7.48. The Morgan fingerprint density at radius 1 is 0.246 bits per heavy atom. The van der Waals surface area contributed by atoms with Crippen molar-refractivity contribution in [2.75, 3.05) is 4.90 Å². The molecule has 0 fully saturated rings. The van der Waals surface area contributed by atoms with Gasteiger partial charge in [-0.25, -0.2) is 0 Å². The van der Waals surface area contributed by atoms with Crippen LogP contribution >= 0.6 is 0 Å². The van der Waals surface area contributed by atoms with Crippen LogP contribution in [0.1, 0.15) is 0 Å². The summed E-state index contributed by atoms with van der Waals surface area (Å²) >= 11 is 0. The second-order valence-electron chi connectivity index (χ2n) is 14.5. The van der Waals surface area contributed by atoms with Gasteiger partial charge in [0.2, 0.25) is 0 Å². The smallest absolute Gasteiger partial charge is 0.0625 e. The SMILES string of the molecule is c1ccc(-c2cccc(-c3cccc(-c4c(N(c5cccc(-c6ccccc6)c5)c5ccccc5-c5ccccc5)c5ccccc5c5ccccc45)c3)c2)cc1. The summed E-state index contributed by atoms with van der Waals surface area (Å²) in [6.45, 7) is 0. The number of hydrogen-bond acceptors (Lipinski definition) is 1. The molecule has 0 saturated carbocycles. The number of anilines is 3. The van der Waals surface area contributed by atoms with Crippen molar-refractivity contribution in [3.05, 3.63) is 237 Å². The first-order valence-corrected chi connectivity index (χ1v) is 19.6. The van der Waals surface area contributed by atoms with Crippen LogP contribution in [0, 0.1) is 0 Å². The molecule has 10 aromatic carbocycles. The van der Waals surface area contributed by atoms with Gasteiger partial charge in [0.1, 0.15) is 0 Å². The van der Waals surface area contributed by atoms with E-state index in [0.717, 1.165) is 28.2 Å². The van der Waals surface area contributed by atoms with E-state index in [-0.39, 0.29) is 0 Å². The molecule has 57 heavy (non-hydrogen) atoms. The average Bonchev–Trinajstić information content (AvgIpc) is 3.30. The largest absolute Gasteiger partial charge is 0.309 e. The first kappa shape index (κ1) is 34.0. The number of para-hydroxylation sites is 1. The van der Waals surface area contributed by atoms with Crippen molar-refractivity contribution >= 4 is 38.6 Å². The standard InChI is InChI=1S/C56H39N/c1-4-19-40(20-5-1)43-25-16-26-44(37-43)45-27-17-29-47(38-45)55-52-34-12-10-32-50(52)51-33-11-13-35-53(51)56(55)57(48-30-18-28-46(39-48)41-21-6-2-7-22-41)54-36-15-14-31-49(54)42-23-8-3-9-24-42/h1-39H. The zero-order chi connectivity index (χ0) is 38.0. The maximum absolute atomic E-state index is 2.52. The Labute approximate surface area is 334 Å². The monoisotopic (exact) mass is 725 g/mol. The van der Waals surface area contributed by atoms with E-state index >= 15 is 0 Å². The Kier molecular flexibility index (Phi) is 8.95. The summed E-state index contributed by atoms with van der Waals surface area (Å²) in [6, 6.07) is 85.8. The molecule has 0 aliphatic carbocycles. The molecule has 1 heteroatoms. The van der Waals surface area contributed by atoms with Crippen LogP contribution in [-0.2, 0) is 0 Å². The number of rotatable bonds is 8. The van der Waals surface area contributed by atoms with Gasteiger partial charge in [-0.15, -0.1) is 0 Å². The van der Waals surface area contributed by atoms with E-state index in [4.69, 9.17) is 0 Å². The molecule has 268 valence electrons. The Morgan fingerprint density at radius 2 is 0.649 bits per heavy atom. The normalized spacial score (nSPS) is 11.2. The molecule has 0 aliphatic rings. The van der Waals surface area contributed by atoms with E-state index in [1.54, 1.807) is 0 Å². The van der Waals surface area contributed by atoms with Gasteiger partial charge in [-0.05, 0) is 91.0 Å². The third kappa shape index (κ3) is 6.46. The fourth-order valence-corrected chi connectivity index (χ4v) is 8.38. The van der Waals surface area contributed by atoms with Gasteiger partial charge in [0.15, 0.2) is 0 Å². The van der Waals surface area contributed by atoms with E-state index in [1.807, 2.05) is 0 Å². The van der Waals surface area contributed by atoms with Gasteiger partial charge in [0.05, 0.1) is 11.4 Å². The molecule has 0 radical (unpaired) electrons. The van der Waals surface area contributed by atoms with E-state index in [1.165, 1.54) is 66.1 Å². The lowest BCUT2D eigenvalue weighted by atomic mass is 9.88. The fourth-order valence-electron chi connectivity index (χ4n) is 8.38. The molecule has 10 aromatic rings. The van der Waals surface area contributed by atoms with Crippen LogP contribution in [0.4, 0.5) is 17.1 Å². The predicted molar refractivity (Wildman–Crippen MR) is 243 cm³/mol. The van der Waals surface area contributed by atoms with Gasteiger partial charge in [-0.1, -0.05) is 206 Å². The van der Waals surface area contributed by atoms with Gasteiger partial charge in [-0.3, -0.25) is 0 Å². The first-order chi connectivity index (χ1) is 28.3. The number of hydrogen-bond donors (Lipinski definition) is 0. The lowest BCUT2D eigenvalue weighted by Crippen LogP contribution is -2.13. The zero-order valence-corrected chi connectivity index (χ0v) is 31.5. The molecular weight excluding hydrogens is 687 g/mol. The predicted octanol–water partition coefficient (Wildman–Crippen LogP) is 15.8. The lowest BCUT2D eigenvalue weighted by molar-refractivity contribution is 1.30. The molecule has 0 spiro atoms. The van der Waals surface area contributed by atoms with Crippen molar-refractivity contribution in [2.24, 2.45) is 0 Å². The molecule has 0 heterocycles. The lowest BCUT2D eigenvalue weighted by Gasteiger charge is -2.32. The molecule has 0 atom stereocenters. The van der Waals surface area contributed by atoms with E-state index in [9.17, 15) is 0 Å². The Balaban J connectivity index is 1.29. The molecule has 0 N–H and O–H groups in total. The summed E-state index contributed by atoms with van der Waals surface area (Å²) in [5.74, 6) is 0. The Morgan fingerprint density at radius 3 is 1.28 bits per heavy atom. The molecule has 0 unspecified atom stereocenters. The molecule has 0 aliphatic heterocycles. The van der Waals surface area contributed by atoms with Crippen molar-refractivity contribution in [1.82, 2.24) is 0 Å². The van der Waals surface area contributed by atoms with Gasteiger partial charge in [0.25, 0.3) is 0 Å². The summed E-state index contributed by atoms with van der Waals surface area (Å²) in [5.41, 5.74) is 15.2. The van der Waals surface area contributed by atoms with Crippen LogP contribution in [0.3, 0.4) is 0 Å². The van der Waals surface area contributed by atoms with Crippen molar-refractivity contribution in [1.29, 1.82) is 0 Å².